The zero-order valence-electron chi connectivity index (χ0n) is 19.9. The van der Waals surface area contributed by atoms with Gasteiger partial charge in [-0.25, -0.2) is 8.42 Å². The fourth-order valence-electron chi connectivity index (χ4n) is 4.35. The summed E-state index contributed by atoms with van der Waals surface area (Å²) in [5.74, 6) is -1.78. The van der Waals surface area contributed by atoms with Crippen molar-refractivity contribution in [3.05, 3.63) is 71.9 Å². The molecule has 2 aromatic rings. The van der Waals surface area contributed by atoms with Crippen LogP contribution in [0.4, 0.5) is 24.5 Å². The lowest BCUT2D eigenvalue weighted by Crippen LogP contribution is -2.50. The third-order valence-electron chi connectivity index (χ3n) is 6.23. The number of hydrogen-bond donors (Lipinski definition) is 3. The van der Waals surface area contributed by atoms with Crippen LogP contribution in [-0.2, 0) is 19.6 Å². The standard InChI is InChI=1S/C25H26F3N3O5S/c1-37(34,35)30-20-15-18(7-8-22(20)32)29-23(33)24(25(26,27)28)10-9-19(17-5-3-2-4-6-17)21(16-24)31-11-13-36-14-12-31/h2-10,15,30,32H,11-14,16H2,1H3,(H,29,33). The average molecular weight is 538 g/mol. The van der Waals surface area contributed by atoms with E-state index in [1.165, 1.54) is 12.1 Å². The quantitative estimate of drug-likeness (QED) is 0.381. The molecule has 1 atom stereocenters. The Morgan fingerprint density at radius 3 is 2.41 bits per heavy atom. The minimum Gasteiger partial charge on any atom is -0.506 e. The lowest BCUT2D eigenvalue weighted by molar-refractivity contribution is -0.205. The molecular formula is C25H26F3N3O5S. The van der Waals surface area contributed by atoms with Crippen LogP contribution < -0.4 is 10.0 Å². The first-order chi connectivity index (χ1) is 17.4. The highest BCUT2D eigenvalue weighted by molar-refractivity contribution is 7.92. The topological polar surface area (TPSA) is 108 Å². The second-order valence-electron chi connectivity index (χ2n) is 8.87. The molecule has 1 saturated heterocycles. The smallest absolute Gasteiger partial charge is 0.406 e. The van der Waals surface area contributed by atoms with Crippen molar-refractivity contribution in [2.24, 2.45) is 5.41 Å². The Morgan fingerprint density at radius 2 is 1.78 bits per heavy atom. The van der Waals surface area contributed by atoms with E-state index in [-0.39, 0.29) is 11.4 Å². The van der Waals surface area contributed by atoms with Gasteiger partial charge in [-0.05, 0) is 23.8 Å². The number of nitrogens with zero attached hydrogens (tertiary/aromatic N) is 1. The second-order valence-corrected chi connectivity index (χ2v) is 10.6. The highest BCUT2D eigenvalue weighted by atomic mass is 32.2. The van der Waals surface area contributed by atoms with Gasteiger partial charge in [0, 0.05) is 36.5 Å². The van der Waals surface area contributed by atoms with Gasteiger partial charge in [-0.2, -0.15) is 13.2 Å². The number of carbonyl (C=O) groups excluding carboxylic acids is 1. The minimum absolute atomic E-state index is 0.114. The van der Waals surface area contributed by atoms with Crippen molar-refractivity contribution in [1.29, 1.82) is 0 Å². The van der Waals surface area contributed by atoms with E-state index >= 15 is 0 Å². The van der Waals surface area contributed by atoms with Crippen LogP contribution in [0.1, 0.15) is 12.0 Å². The van der Waals surface area contributed by atoms with E-state index in [0.29, 0.717) is 37.6 Å². The number of amides is 1. The molecule has 1 aliphatic carbocycles. The molecule has 1 amide bonds. The maximum absolute atomic E-state index is 14.7. The molecule has 0 aromatic heterocycles. The molecule has 0 bridgehead atoms. The van der Waals surface area contributed by atoms with E-state index in [4.69, 9.17) is 4.74 Å². The molecule has 0 spiro atoms. The zero-order chi connectivity index (χ0) is 26.8. The van der Waals surface area contributed by atoms with Crippen LogP contribution in [-0.4, -0.2) is 63.1 Å². The van der Waals surface area contributed by atoms with Crippen LogP contribution in [0.5, 0.6) is 5.75 Å². The summed E-state index contributed by atoms with van der Waals surface area (Å²) in [7, 11) is -3.79. The number of halogens is 3. The number of hydrogen-bond acceptors (Lipinski definition) is 6. The summed E-state index contributed by atoms with van der Waals surface area (Å²) >= 11 is 0. The average Bonchev–Trinajstić information content (AvgIpc) is 2.85. The molecular weight excluding hydrogens is 511 g/mol. The van der Waals surface area contributed by atoms with Crippen molar-refractivity contribution < 1.29 is 36.2 Å². The molecule has 2 aromatic carbocycles. The summed E-state index contributed by atoms with van der Waals surface area (Å²) in [5.41, 5.74) is -1.57. The number of aromatic hydroxyl groups is 1. The number of morpholine rings is 1. The van der Waals surface area contributed by atoms with Gasteiger partial charge in [0.15, 0.2) is 5.41 Å². The zero-order valence-corrected chi connectivity index (χ0v) is 20.7. The number of rotatable bonds is 6. The van der Waals surface area contributed by atoms with Crippen LogP contribution in [0, 0.1) is 5.41 Å². The van der Waals surface area contributed by atoms with Gasteiger partial charge in [-0.1, -0.05) is 42.5 Å². The first-order valence-electron chi connectivity index (χ1n) is 11.4. The summed E-state index contributed by atoms with van der Waals surface area (Å²) in [5, 5.41) is 12.2. The van der Waals surface area contributed by atoms with Gasteiger partial charge in [0.2, 0.25) is 15.9 Å². The van der Waals surface area contributed by atoms with Gasteiger partial charge >= 0.3 is 6.18 Å². The maximum atomic E-state index is 14.7. The van der Waals surface area contributed by atoms with Gasteiger partial charge in [0.05, 0.1) is 25.2 Å². The normalized spacial score (nSPS) is 20.6. The molecule has 1 aliphatic heterocycles. The Balaban J connectivity index is 1.72. The number of ether oxygens (including phenoxy) is 1. The van der Waals surface area contributed by atoms with Crippen LogP contribution in [0.15, 0.2) is 66.4 Å². The van der Waals surface area contributed by atoms with E-state index in [1.807, 2.05) is 11.0 Å². The molecule has 1 fully saturated rings. The Morgan fingerprint density at radius 1 is 1.11 bits per heavy atom. The van der Waals surface area contributed by atoms with Gasteiger partial charge in [0.1, 0.15) is 5.75 Å². The maximum Gasteiger partial charge on any atom is 0.406 e. The number of anilines is 2. The van der Waals surface area contributed by atoms with Gasteiger partial charge in [-0.15, -0.1) is 0 Å². The third kappa shape index (κ3) is 5.75. The molecule has 0 radical (unpaired) electrons. The lowest BCUT2D eigenvalue weighted by atomic mass is 9.75. The van der Waals surface area contributed by atoms with Crippen LogP contribution in [0.3, 0.4) is 0 Å². The van der Waals surface area contributed by atoms with E-state index < -0.39 is 39.7 Å². The van der Waals surface area contributed by atoms with Gasteiger partial charge in [-0.3, -0.25) is 9.52 Å². The van der Waals surface area contributed by atoms with Crippen molar-refractivity contribution in [2.75, 3.05) is 42.6 Å². The summed E-state index contributed by atoms with van der Waals surface area (Å²) in [4.78, 5) is 15.2. The molecule has 2 aliphatic rings. The summed E-state index contributed by atoms with van der Waals surface area (Å²) in [6.45, 7) is 1.47. The van der Waals surface area contributed by atoms with Crippen LogP contribution in [0.2, 0.25) is 0 Å². The fraction of sp³-hybridized carbons (Fsp3) is 0.320. The Hall–Kier alpha value is -3.51. The molecule has 198 valence electrons. The monoisotopic (exact) mass is 537 g/mol. The fourth-order valence-corrected chi connectivity index (χ4v) is 4.92. The molecule has 4 rings (SSSR count). The highest BCUT2D eigenvalue weighted by Gasteiger charge is 2.60. The summed E-state index contributed by atoms with van der Waals surface area (Å²) in [6.07, 6.45) is -2.50. The SMILES string of the molecule is CS(=O)(=O)Nc1cc(NC(=O)C2(C(F)(F)F)C=CC(c3ccccc3)=C(N3CCOCC3)C2)ccc1O. The lowest BCUT2D eigenvalue weighted by Gasteiger charge is -2.41. The third-order valence-corrected chi connectivity index (χ3v) is 6.82. The number of alkyl halides is 3. The molecule has 12 heteroatoms. The number of allylic oxidation sites excluding steroid dienone is 3. The van der Waals surface area contributed by atoms with E-state index in [0.717, 1.165) is 30.0 Å². The van der Waals surface area contributed by atoms with Crippen LogP contribution >= 0.6 is 0 Å². The first-order valence-corrected chi connectivity index (χ1v) is 13.3. The minimum atomic E-state index is -4.95. The van der Waals surface area contributed by atoms with Gasteiger partial charge < -0.3 is 20.1 Å². The van der Waals surface area contributed by atoms with E-state index in [1.54, 1.807) is 24.3 Å². The molecule has 37 heavy (non-hydrogen) atoms. The molecule has 1 unspecified atom stereocenters. The largest absolute Gasteiger partial charge is 0.506 e. The predicted molar refractivity (Wildman–Crippen MR) is 133 cm³/mol. The Bertz CT molecular complexity index is 1340. The Labute approximate surface area is 212 Å². The van der Waals surface area contributed by atoms with Gasteiger partial charge in [0.25, 0.3) is 0 Å². The number of carbonyl (C=O) groups is 1. The predicted octanol–water partition coefficient (Wildman–Crippen LogP) is 3.95. The van der Waals surface area contributed by atoms with Crippen molar-refractivity contribution in [3.63, 3.8) is 0 Å². The van der Waals surface area contributed by atoms with E-state index in [2.05, 4.69) is 10.0 Å². The number of nitrogens with one attached hydrogen (secondary N) is 2. The van der Waals surface area contributed by atoms with Crippen molar-refractivity contribution in [1.82, 2.24) is 4.90 Å². The van der Waals surface area contributed by atoms with Crippen molar-refractivity contribution >= 4 is 32.9 Å². The molecule has 0 saturated carbocycles. The van der Waals surface area contributed by atoms with Crippen LogP contribution in [0.25, 0.3) is 5.57 Å². The number of sulfonamides is 1. The summed E-state index contributed by atoms with van der Waals surface area (Å²) in [6, 6.07) is 12.3. The number of phenolic OH excluding ortho intramolecular Hbond substituents is 1. The first kappa shape index (κ1) is 26.6. The second kappa shape index (κ2) is 10.1. The molecule has 8 nitrogen and oxygen atoms in total. The number of phenols is 1. The highest BCUT2D eigenvalue weighted by Crippen LogP contribution is 2.50. The molecule has 3 N–H and O–H groups in total. The Kier molecular flexibility index (Phi) is 7.24. The van der Waals surface area contributed by atoms with E-state index in [9.17, 15) is 31.5 Å². The van der Waals surface area contributed by atoms with Crippen molar-refractivity contribution in [2.45, 2.75) is 12.6 Å². The molecule has 1 heterocycles. The summed E-state index contributed by atoms with van der Waals surface area (Å²) < 4.78 is 74.6. The number of benzene rings is 2. The van der Waals surface area contributed by atoms with Crippen molar-refractivity contribution in [3.8, 4) is 5.75 Å².